The molecule has 2 aromatic carbocycles. The van der Waals surface area contributed by atoms with Gasteiger partial charge in [0.05, 0.1) is 10.7 Å². The molecule has 0 aliphatic carbocycles. The summed E-state index contributed by atoms with van der Waals surface area (Å²) in [6.45, 7) is 5.86. The molecule has 2 N–H and O–H groups in total. The van der Waals surface area contributed by atoms with Crippen molar-refractivity contribution >= 4 is 17.4 Å². The second-order valence-corrected chi connectivity index (χ2v) is 9.76. The second-order valence-electron chi connectivity index (χ2n) is 9.35. The number of hydrogen-bond donors (Lipinski definition) is 2. The van der Waals surface area contributed by atoms with Gasteiger partial charge in [-0.1, -0.05) is 17.7 Å². The Bertz CT molecular complexity index is 1490. The van der Waals surface area contributed by atoms with Gasteiger partial charge in [-0.3, -0.25) is 4.57 Å². The van der Waals surface area contributed by atoms with E-state index in [2.05, 4.69) is 29.0 Å². The summed E-state index contributed by atoms with van der Waals surface area (Å²) in [4.78, 5) is 19.0. The molecule has 5 rings (SSSR count). The molecule has 186 valence electrons. The molecule has 0 radical (unpaired) electrons. The number of aromatic nitrogens is 3. The summed E-state index contributed by atoms with van der Waals surface area (Å²) in [7, 11) is 1.65. The Kier molecular flexibility index (Phi) is 6.32. The standard InChI is InChI=1S/C27H27ClFN5O2/c1-16-14-33(15-17(2)31-16)25-11-19(6-7-30-25)22-13-20(29)12-21(26(22)35)18-4-5-24(23(28)10-18)34-9-8-32(3)27(34)36/h4-13,16-17,31,35H,14-15H2,1-3H3/t16-,17+. The number of benzene rings is 2. The molecule has 0 saturated carbocycles. The molecular weight excluding hydrogens is 481 g/mol. The van der Waals surface area contributed by atoms with Gasteiger partial charge in [0, 0.05) is 61.9 Å². The number of imidazole rings is 1. The molecule has 1 saturated heterocycles. The Morgan fingerprint density at radius 1 is 1.03 bits per heavy atom. The van der Waals surface area contributed by atoms with Crippen molar-refractivity contribution in [3.05, 3.63) is 82.4 Å². The highest BCUT2D eigenvalue weighted by Crippen LogP contribution is 2.41. The first-order chi connectivity index (χ1) is 17.2. The van der Waals surface area contributed by atoms with Gasteiger partial charge in [0.1, 0.15) is 17.4 Å². The largest absolute Gasteiger partial charge is 0.507 e. The monoisotopic (exact) mass is 507 g/mol. The molecule has 0 bridgehead atoms. The van der Waals surface area contributed by atoms with Crippen LogP contribution in [0.4, 0.5) is 10.2 Å². The number of anilines is 1. The van der Waals surface area contributed by atoms with Gasteiger partial charge in [0.15, 0.2) is 0 Å². The molecule has 0 amide bonds. The number of aryl methyl sites for hydroxylation is 1. The minimum Gasteiger partial charge on any atom is -0.507 e. The average molecular weight is 508 g/mol. The van der Waals surface area contributed by atoms with Crippen molar-refractivity contribution in [3.63, 3.8) is 0 Å². The Labute approximate surface area is 213 Å². The third-order valence-electron chi connectivity index (χ3n) is 6.48. The summed E-state index contributed by atoms with van der Waals surface area (Å²) in [5.41, 5.74) is 2.13. The van der Waals surface area contributed by atoms with Crippen molar-refractivity contribution < 1.29 is 9.50 Å². The van der Waals surface area contributed by atoms with Crippen molar-refractivity contribution in [3.8, 4) is 33.7 Å². The zero-order chi connectivity index (χ0) is 25.6. The van der Waals surface area contributed by atoms with E-state index in [1.165, 1.54) is 21.3 Å². The van der Waals surface area contributed by atoms with E-state index in [1.807, 2.05) is 6.07 Å². The van der Waals surface area contributed by atoms with Crippen LogP contribution in [0.25, 0.3) is 27.9 Å². The van der Waals surface area contributed by atoms with Crippen molar-refractivity contribution in [2.24, 2.45) is 7.05 Å². The van der Waals surface area contributed by atoms with Crippen LogP contribution < -0.4 is 15.9 Å². The van der Waals surface area contributed by atoms with Crippen molar-refractivity contribution in [1.29, 1.82) is 0 Å². The molecule has 3 heterocycles. The molecule has 2 atom stereocenters. The van der Waals surface area contributed by atoms with Crippen LogP contribution in [0.3, 0.4) is 0 Å². The van der Waals surface area contributed by atoms with Crippen LogP contribution in [0.15, 0.2) is 65.8 Å². The van der Waals surface area contributed by atoms with Gasteiger partial charge >= 0.3 is 5.69 Å². The molecule has 1 fully saturated rings. The maximum atomic E-state index is 14.8. The first-order valence-electron chi connectivity index (χ1n) is 11.8. The average Bonchev–Trinajstić information content (AvgIpc) is 3.17. The molecule has 1 aliphatic heterocycles. The molecule has 0 spiro atoms. The third-order valence-corrected chi connectivity index (χ3v) is 6.78. The zero-order valence-corrected chi connectivity index (χ0v) is 21.0. The number of nitrogens with zero attached hydrogens (tertiary/aromatic N) is 4. The number of halogens is 2. The molecule has 9 heteroatoms. The van der Waals surface area contributed by atoms with E-state index in [1.54, 1.807) is 49.9 Å². The fourth-order valence-corrected chi connectivity index (χ4v) is 5.10. The molecule has 36 heavy (non-hydrogen) atoms. The minimum absolute atomic E-state index is 0.0590. The number of rotatable bonds is 4. The Hall–Kier alpha value is -3.62. The first kappa shape index (κ1) is 24.1. The van der Waals surface area contributed by atoms with Gasteiger partial charge in [-0.05, 0) is 61.4 Å². The van der Waals surface area contributed by atoms with Gasteiger partial charge in [-0.15, -0.1) is 0 Å². The normalized spacial score (nSPS) is 18.0. The fourth-order valence-electron chi connectivity index (χ4n) is 4.83. The summed E-state index contributed by atoms with van der Waals surface area (Å²) >= 11 is 6.51. The SMILES string of the molecule is C[C@@H]1CN(c2cc(-c3cc(F)cc(-c4ccc(-n5ccn(C)c5=O)c(Cl)c4)c3O)ccn2)C[C@H](C)N1. The van der Waals surface area contributed by atoms with E-state index >= 15 is 0 Å². The third kappa shape index (κ3) is 4.50. The highest BCUT2D eigenvalue weighted by atomic mass is 35.5. The number of phenolic OH excluding ortho intramolecular Hbond substituents is 1. The summed E-state index contributed by atoms with van der Waals surface area (Å²) < 4.78 is 17.7. The predicted octanol–water partition coefficient (Wildman–Crippen LogP) is 4.59. The number of piperazine rings is 1. The Morgan fingerprint density at radius 2 is 1.69 bits per heavy atom. The first-order valence-corrected chi connectivity index (χ1v) is 12.1. The van der Waals surface area contributed by atoms with Crippen LogP contribution in [0.1, 0.15) is 13.8 Å². The summed E-state index contributed by atoms with van der Waals surface area (Å²) in [6, 6.07) is 11.9. The summed E-state index contributed by atoms with van der Waals surface area (Å²) in [5.74, 6) is 0.231. The summed E-state index contributed by atoms with van der Waals surface area (Å²) in [6.07, 6.45) is 4.94. The van der Waals surface area contributed by atoms with Crippen LogP contribution in [-0.2, 0) is 7.05 Å². The van der Waals surface area contributed by atoms with Gasteiger partial charge < -0.3 is 19.9 Å². The van der Waals surface area contributed by atoms with Crippen molar-refractivity contribution in [1.82, 2.24) is 19.4 Å². The topological polar surface area (TPSA) is 75.3 Å². The van der Waals surface area contributed by atoms with Gasteiger partial charge in [-0.2, -0.15) is 0 Å². The number of nitrogens with one attached hydrogen (secondary N) is 1. The van der Waals surface area contributed by atoms with E-state index in [-0.39, 0.29) is 11.4 Å². The predicted molar refractivity (Wildman–Crippen MR) is 141 cm³/mol. The maximum absolute atomic E-state index is 14.8. The van der Waals surface area contributed by atoms with E-state index in [9.17, 15) is 14.3 Å². The molecule has 1 aliphatic rings. The molecule has 7 nitrogen and oxygen atoms in total. The number of aromatic hydroxyl groups is 1. The fraction of sp³-hybridized carbons (Fsp3) is 0.259. The highest BCUT2D eigenvalue weighted by Gasteiger charge is 2.23. The molecule has 2 aromatic heterocycles. The lowest BCUT2D eigenvalue weighted by molar-refractivity contribution is 0.405. The molecular formula is C27H27ClFN5O2. The zero-order valence-electron chi connectivity index (χ0n) is 20.2. The number of pyridine rings is 1. The van der Waals surface area contributed by atoms with E-state index in [4.69, 9.17) is 11.6 Å². The second kappa shape index (κ2) is 9.44. The van der Waals surface area contributed by atoms with Gasteiger partial charge in [0.2, 0.25) is 0 Å². The van der Waals surface area contributed by atoms with Gasteiger partial charge in [-0.25, -0.2) is 14.2 Å². The smallest absolute Gasteiger partial charge is 0.332 e. The van der Waals surface area contributed by atoms with Crippen LogP contribution in [-0.4, -0.2) is 44.4 Å². The van der Waals surface area contributed by atoms with E-state index < -0.39 is 5.82 Å². The Balaban J connectivity index is 1.53. The van der Waals surface area contributed by atoms with E-state index in [0.29, 0.717) is 45.0 Å². The van der Waals surface area contributed by atoms with Crippen molar-refractivity contribution in [2.45, 2.75) is 25.9 Å². The lowest BCUT2D eigenvalue weighted by Crippen LogP contribution is -2.54. The number of hydrogen-bond acceptors (Lipinski definition) is 5. The lowest BCUT2D eigenvalue weighted by atomic mass is 9.97. The number of phenols is 1. The van der Waals surface area contributed by atoms with Crippen LogP contribution in [0, 0.1) is 5.82 Å². The Morgan fingerprint density at radius 3 is 2.31 bits per heavy atom. The molecule has 0 unspecified atom stereocenters. The van der Waals surface area contributed by atoms with Crippen molar-refractivity contribution in [2.75, 3.05) is 18.0 Å². The highest BCUT2D eigenvalue weighted by molar-refractivity contribution is 6.32. The molecule has 4 aromatic rings. The van der Waals surface area contributed by atoms with Crippen LogP contribution in [0.5, 0.6) is 5.75 Å². The summed E-state index contributed by atoms with van der Waals surface area (Å²) in [5, 5.41) is 15.0. The quantitative estimate of drug-likeness (QED) is 0.422. The van der Waals surface area contributed by atoms with Crippen LogP contribution >= 0.6 is 11.6 Å². The maximum Gasteiger partial charge on any atom is 0.332 e. The van der Waals surface area contributed by atoms with Gasteiger partial charge in [0.25, 0.3) is 0 Å². The lowest BCUT2D eigenvalue weighted by Gasteiger charge is -2.37. The minimum atomic E-state index is -0.486. The van der Waals surface area contributed by atoms with Crippen LogP contribution in [0.2, 0.25) is 5.02 Å². The van der Waals surface area contributed by atoms with E-state index in [0.717, 1.165) is 18.9 Å².